The lowest BCUT2D eigenvalue weighted by Crippen LogP contribution is -2.04. The molecule has 0 saturated carbocycles. The lowest BCUT2D eigenvalue weighted by atomic mass is 9.90. The number of benzene rings is 5. The quantitative estimate of drug-likeness (QED) is 0.212. The Balaban J connectivity index is 1.20. The standard InChI is InChI=1S/C39H25N3O2/c1-2-10-24(11-3-1)37-40-38(42-39(41-37)27-20-21-30-29-14-4-6-17-32(29)44-35(30)23-27)26-13-8-12-25(22-26)28-16-9-19-34-36(28)31-15-5-7-18-33(31)43-34/h1-7,9-11,13-23H,8,12H2. The van der Waals surface area contributed by atoms with E-state index in [1.807, 2.05) is 72.8 Å². The number of furan rings is 2. The van der Waals surface area contributed by atoms with Crippen LogP contribution in [0.5, 0.6) is 0 Å². The summed E-state index contributed by atoms with van der Waals surface area (Å²) >= 11 is 0. The highest BCUT2D eigenvalue weighted by molar-refractivity contribution is 6.11. The molecule has 5 nitrogen and oxygen atoms in total. The molecule has 5 heteroatoms. The first-order valence-corrected chi connectivity index (χ1v) is 14.8. The summed E-state index contributed by atoms with van der Waals surface area (Å²) in [5.41, 5.74) is 8.72. The van der Waals surface area contributed by atoms with Gasteiger partial charge in [0.15, 0.2) is 17.5 Å². The zero-order valence-corrected chi connectivity index (χ0v) is 23.7. The summed E-state index contributed by atoms with van der Waals surface area (Å²) in [5.74, 6) is 1.90. The van der Waals surface area contributed by atoms with Gasteiger partial charge in [-0.2, -0.15) is 0 Å². The van der Waals surface area contributed by atoms with E-state index in [9.17, 15) is 0 Å². The van der Waals surface area contributed by atoms with E-state index in [0.717, 1.165) is 73.4 Å². The monoisotopic (exact) mass is 567 g/mol. The Labute approximate surface area is 252 Å². The molecule has 0 N–H and O–H groups in total. The zero-order valence-electron chi connectivity index (χ0n) is 23.7. The summed E-state index contributed by atoms with van der Waals surface area (Å²) < 4.78 is 12.4. The van der Waals surface area contributed by atoms with Crippen LogP contribution in [0.3, 0.4) is 0 Å². The van der Waals surface area contributed by atoms with Crippen molar-refractivity contribution in [2.75, 3.05) is 0 Å². The number of hydrogen-bond acceptors (Lipinski definition) is 5. The van der Waals surface area contributed by atoms with Crippen molar-refractivity contribution < 1.29 is 8.83 Å². The molecule has 0 unspecified atom stereocenters. The molecule has 44 heavy (non-hydrogen) atoms. The molecule has 208 valence electrons. The fraction of sp³-hybridized carbons (Fsp3) is 0.0513. The minimum Gasteiger partial charge on any atom is -0.456 e. The van der Waals surface area contributed by atoms with Crippen LogP contribution in [-0.2, 0) is 0 Å². The molecule has 3 aromatic heterocycles. The van der Waals surface area contributed by atoms with Crippen LogP contribution in [0.4, 0.5) is 0 Å². The molecule has 0 atom stereocenters. The van der Waals surface area contributed by atoms with E-state index < -0.39 is 0 Å². The summed E-state index contributed by atoms with van der Waals surface area (Å²) in [5, 5.41) is 4.45. The molecule has 0 saturated heterocycles. The van der Waals surface area contributed by atoms with E-state index in [1.165, 1.54) is 11.1 Å². The van der Waals surface area contributed by atoms with E-state index in [1.54, 1.807) is 0 Å². The van der Waals surface area contributed by atoms with Crippen molar-refractivity contribution in [2.24, 2.45) is 0 Å². The number of rotatable bonds is 4. The molecule has 3 heterocycles. The lowest BCUT2D eigenvalue weighted by Gasteiger charge is -2.16. The second-order valence-corrected chi connectivity index (χ2v) is 11.1. The van der Waals surface area contributed by atoms with Gasteiger partial charge in [0.25, 0.3) is 0 Å². The van der Waals surface area contributed by atoms with Gasteiger partial charge in [0.05, 0.1) is 0 Å². The van der Waals surface area contributed by atoms with Crippen LogP contribution in [0.25, 0.3) is 77.8 Å². The minimum absolute atomic E-state index is 0.612. The van der Waals surface area contributed by atoms with Gasteiger partial charge in [-0.05, 0) is 60.4 Å². The Morgan fingerprint density at radius 2 is 1.16 bits per heavy atom. The van der Waals surface area contributed by atoms with Crippen molar-refractivity contribution in [1.82, 2.24) is 15.0 Å². The summed E-state index contributed by atoms with van der Waals surface area (Å²) in [7, 11) is 0. The summed E-state index contributed by atoms with van der Waals surface area (Å²) in [6.07, 6.45) is 6.28. The SMILES string of the molecule is C1=C(c2nc(-c3ccccc3)nc(-c3ccc4c(c3)oc3ccccc34)n2)C=C(c2cccc3oc4ccccc4c23)CC1. The molecule has 5 aromatic carbocycles. The smallest absolute Gasteiger partial charge is 0.164 e. The first-order valence-electron chi connectivity index (χ1n) is 14.8. The lowest BCUT2D eigenvalue weighted by molar-refractivity contribution is 0.668. The summed E-state index contributed by atoms with van der Waals surface area (Å²) in [6, 6.07) is 38.9. The molecular formula is C39H25N3O2. The predicted molar refractivity (Wildman–Crippen MR) is 177 cm³/mol. The molecule has 1 aliphatic rings. The Morgan fingerprint density at radius 1 is 0.500 bits per heavy atom. The van der Waals surface area contributed by atoms with Gasteiger partial charge >= 0.3 is 0 Å². The average Bonchev–Trinajstić information content (AvgIpc) is 3.66. The topological polar surface area (TPSA) is 65.0 Å². The Kier molecular flexibility index (Phi) is 5.56. The third-order valence-corrected chi connectivity index (χ3v) is 8.42. The van der Waals surface area contributed by atoms with Crippen LogP contribution in [0, 0.1) is 0 Å². The molecular weight excluding hydrogens is 542 g/mol. The van der Waals surface area contributed by atoms with Gasteiger partial charge in [-0.15, -0.1) is 0 Å². The third-order valence-electron chi connectivity index (χ3n) is 8.42. The summed E-state index contributed by atoms with van der Waals surface area (Å²) in [4.78, 5) is 15.0. The molecule has 8 aromatic rings. The highest BCUT2D eigenvalue weighted by Crippen LogP contribution is 2.39. The highest BCUT2D eigenvalue weighted by Gasteiger charge is 2.19. The van der Waals surface area contributed by atoms with Crippen LogP contribution in [0.2, 0.25) is 0 Å². The molecule has 0 bridgehead atoms. The van der Waals surface area contributed by atoms with Gasteiger partial charge in [0.1, 0.15) is 22.3 Å². The Bertz CT molecular complexity index is 2450. The number of hydrogen-bond donors (Lipinski definition) is 0. The predicted octanol–water partition coefficient (Wildman–Crippen LogP) is 10.3. The molecule has 9 rings (SSSR count). The van der Waals surface area contributed by atoms with Gasteiger partial charge < -0.3 is 8.83 Å². The fourth-order valence-corrected chi connectivity index (χ4v) is 6.33. The number of allylic oxidation sites excluding steroid dienone is 4. The van der Waals surface area contributed by atoms with Crippen molar-refractivity contribution in [3.8, 4) is 22.8 Å². The van der Waals surface area contributed by atoms with E-state index in [0.29, 0.717) is 17.5 Å². The Morgan fingerprint density at radius 3 is 2.02 bits per heavy atom. The molecule has 0 aliphatic heterocycles. The largest absolute Gasteiger partial charge is 0.456 e. The van der Waals surface area contributed by atoms with Crippen LogP contribution in [-0.4, -0.2) is 15.0 Å². The van der Waals surface area contributed by atoms with Gasteiger partial charge in [0, 0.05) is 38.2 Å². The van der Waals surface area contributed by atoms with E-state index >= 15 is 0 Å². The van der Waals surface area contributed by atoms with Crippen molar-refractivity contribution in [3.05, 3.63) is 139 Å². The van der Waals surface area contributed by atoms with Crippen molar-refractivity contribution in [2.45, 2.75) is 12.8 Å². The molecule has 0 fully saturated rings. The molecule has 0 spiro atoms. The number of para-hydroxylation sites is 2. The second-order valence-electron chi connectivity index (χ2n) is 11.1. The number of nitrogens with zero attached hydrogens (tertiary/aromatic N) is 3. The van der Waals surface area contributed by atoms with Gasteiger partial charge in [-0.25, -0.2) is 15.0 Å². The van der Waals surface area contributed by atoms with Crippen LogP contribution in [0.1, 0.15) is 24.2 Å². The van der Waals surface area contributed by atoms with Crippen molar-refractivity contribution in [1.29, 1.82) is 0 Å². The van der Waals surface area contributed by atoms with Gasteiger partial charge in [0.2, 0.25) is 0 Å². The Hall–Kier alpha value is -5.81. The third kappa shape index (κ3) is 4.05. The first-order chi connectivity index (χ1) is 21.8. The van der Waals surface area contributed by atoms with Gasteiger partial charge in [-0.3, -0.25) is 0 Å². The van der Waals surface area contributed by atoms with Crippen LogP contribution < -0.4 is 0 Å². The van der Waals surface area contributed by atoms with E-state index in [4.69, 9.17) is 23.8 Å². The van der Waals surface area contributed by atoms with Crippen LogP contribution in [0.15, 0.2) is 136 Å². The van der Waals surface area contributed by atoms with Crippen LogP contribution >= 0.6 is 0 Å². The molecule has 0 radical (unpaired) electrons. The van der Waals surface area contributed by atoms with E-state index in [-0.39, 0.29) is 0 Å². The molecule has 1 aliphatic carbocycles. The van der Waals surface area contributed by atoms with E-state index in [2.05, 4.69) is 54.6 Å². The number of fused-ring (bicyclic) bond motifs is 6. The molecule has 0 amide bonds. The van der Waals surface area contributed by atoms with Crippen molar-refractivity contribution in [3.63, 3.8) is 0 Å². The zero-order chi connectivity index (χ0) is 29.0. The highest BCUT2D eigenvalue weighted by atomic mass is 16.3. The number of aromatic nitrogens is 3. The maximum atomic E-state index is 6.20. The maximum absolute atomic E-state index is 6.20. The minimum atomic E-state index is 0.612. The average molecular weight is 568 g/mol. The first kappa shape index (κ1) is 24.8. The summed E-state index contributed by atoms with van der Waals surface area (Å²) in [6.45, 7) is 0. The van der Waals surface area contributed by atoms with Crippen molar-refractivity contribution >= 4 is 55.0 Å². The normalized spacial score (nSPS) is 13.5. The second kappa shape index (κ2) is 9.89. The fourth-order valence-electron chi connectivity index (χ4n) is 6.33. The maximum Gasteiger partial charge on any atom is 0.164 e. The van der Waals surface area contributed by atoms with Gasteiger partial charge in [-0.1, -0.05) is 91.0 Å².